The summed E-state index contributed by atoms with van der Waals surface area (Å²) in [4.78, 5) is 23.7. The molecular weight excluding hydrogens is 294 g/mol. The van der Waals surface area contributed by atoms with E-state index in [-0.39, 0.29) is 12.0 Å². The zero-order chi connectivity index (χ0) is 17.3. The van der Waals surface area contributed by atoms with Crippen LogP contribution in [-0.2, 0) is 16.1 Å². The predicted molar refractivity (Wildman–Crippen MR) is 87.5 cm³/mol. The van der Waals surface area contributed by atoms with Crippen molar-refractivity contribution < 1.29 is 14.3 Å². The van der Waals surface area contributed by atoms with Gasteiger partial charge in [0.25, 0.3) is 0 Å². The summed E-state index contributed by atoms with van der Waals surface area (Å²) in [6, 6.07) is 6.86. The molecule has 6 heteroatoms. The number of carbonyl (C=O) groups excluding carboxylic acids is 2. The fourth-order valence-electron chi connectivity index (χ4n) is 3.00. The van der Waals surface area contributed by atoms with E-state index in [0.29, 0.717) is 25.1 Å². The van der Waals surface area contributed by atoms with Crippen LogP contribution in [0.25, 0.3) is 0 Å². The molecule has 5 N–H and O–H groups in total. The smallest absolute Gasteiger partial charge is 0.248 e. The van der Waals surface area contributed by atoms with Crippen LogP contribution in [0.15, 0.2) is 24.3 Å². The third kappa shape index (κ3) is 3.09. The Balaban J connectivity index is 2.00. The second kappa shape index (κ2) is 6.29. The molecule has 1 aromatic carbocycles. The van der Waals surface area contributed by atoms with Crippen molar-refractivity contribution in [2.45, 2.75) is 45.4 Å². The second-order valence-corrected chi connectivity index (χ2v) is 6.59. The minimum absolute atomic E-state index is 0.0126. The van der Waals surface area contributed by atoms with Gasteiger partial charge >= 0.3 is 0 Å². The third-order valence-corrected chi connectivity index (χ3v) is 4.90. The summed E-state index contributed by atoms with van der Waals surface area (Å²) in [5.41, 5.74) is 11.4. The van der Waals surface area contributed by atoms with Crippen LogP contribution in [0.2, 0.25) is 0 Å². The van der Waals surface area contributed by atoms with Gasteiger partial charge in [-0.05, 0) is 24.6 Å². The Labute approximate surface area is 136 Å². The van der Waals surface area contributed by atoms with Crippen LogP contribution in [0.5, 0.6) is 0 Å². The van der Waals surface area contributed by atoms with E-state index in [0.717, 1.165) is 5.56 Å². The number of rotatable bonds is 6. The van der Waals surface area contributed by atoms with Crippen LogP contribution in [0.3, 0.4) is 0 Å². The number of hydrogen-bond acceptors (Lipinski definition) is 4. The van der Waals surface area contributed by atoms with E-state index in [9.17, 15) is 9.59 Å². The Bertz CT molecular complexity index is 615. The average molecular weight is 319 g/mol. The molecule has 0 heterocycles. The number of nitrogens with two attached hydrogens (primary N) is 2. The number of carbonyl (C=O) groups is 2. The number of primary amides is 1. The van der Waals surface area contributed by atoms with E-state index in [2.05, 4.69) is 5.32 Å². The van der Waals surface area contributed by atoms with E-state index in [4.69, 9.17) is 16.2 Å². The first kappa shape index (κ1) is 17.4. The van der Waals surface area contributed by atoms with Crippen molar-refractivity contribution in [1.82, 2.24) is 5.32 Å². The Morgan fingerprint density at radius 2 is 2.09 bits per heavy atom. The zero-order valence-electron chi connectivity index (χ0n) is 13.9. The topological polar surface area (TPSA) is 107 Å². The fraction of sp³-hybridized carbons (Fsp3) is 0.529. The molecule has 0 aromatic heterocycles. The molecule has 1 aromatic rings. The van der Waals surface area contributed by atoms with Gasteiger partial charge in [-0.1, -0.05) is 26.0 Å². The second-order valence-electron chi connectivity index (χ2n) is 6.59. The van der Waals surface area contributed by atoms with E-state index >= 15 is 0 Å². The fourth-order valence-corrected chi connectivity index (χ4v) is 3.00. The largest absolute Gasteiger partial charge is 0.378 e. The van der Waals surface area contributed by atoms with Crippen LogP contribution < -0.4 is 16.8 Å². The van der Waals surface area contributed by atoms with Crippen LogP contribution in [0.1, 0.15) is 43.1 Å². The minimum atomic E-state index is -0.950. The normalized spacial score (nSPS) is 25.5. The molecule has 126 valence electrons. The van der Waals surface area contributed by atoms with Crippen molar-refractivity contribution in [3.05, 3.63) is 35.4 Å². The Hall–Kier alpha value is -1.92. The summed E-state index contributed by atoms with van der Waals surface area (Å²) in [5, 5.41) is 2.85. The predicted octanol–water partition coefficient (Wildman–Crippen LogP) is 0.934. The molecular formula is C17H25N3O3. The van der Waals surface area contributed by atoms with Gasteiger partial charge in [0.05, 0.1) is 6.10 Å². The molecule has 1 aliphatic carbocycles. The van der Waals surface area contributed by atoms with Crippen molar-refractivity contribution in [2.24, 2.45) is 16.9 Å². The Morgan fingerprint density at radius 1 is 1.39 bits per heavy atom. The lowest BCUT2D eigenvalue weighted by molar-refractivity contribution is -0.170. The molecule has 0 spiro atoms. The zero-order valence-corrected chi connectivity index (χ0v) is 13.9. The minimum Gasteiger partial charge on any atom is -0.378 e. The summed E-state index contributed by atoms with van der Waals surface area (Å²) in [5.74, 6) is -0.698. The van der Waals surface area contributed by atoms with E-state index in [1.807, 2.05) is 26.8 Å². The highest BCUT2D eigenvalue weighted by Crippen LogP contribution is 2.49. The molecule has 2 amide bonds. The molecule has 23 heavy (non-hydrogen) atoms. The molecule has 6 nitrogen and oxygen atoms in total. The molecule has 2 rings (SSSR count). The molecule has 2 atom stereocenters. The van der Waals surface area contributed by atoms with Gasteiger partial charge < -0.3 is 21.5 Å². The maximum Gasteiger partial charge on any atom is 0.248 e. The summed E-state index contributed by atoms with van der Waals surface area (Å²) in [6.07, 6.45) is 0.488. The van der Waals surface area contributed by atoms with Crippen LogP contribution in [0.4, 0.5) is 0 Å². The lowest BCUT2D eigenvalue weighted by atomic mass is 9.54. The lowest BCUT2D eigenvalue weighted by Crippen LogP contribution is -2.75. The maximum atomic E-state index is 12.5. The third-order valence-electron chi connectivity index (χ3n) is 4.90. The summed E-state index contributed by atoms with van der Waals surface area (Å²) in [7, 11) is 0. The highest BCUT2D eigenvalue weighted by atomic mass is 16.5. The highest BCUT2D eigenvalue weighted by molar-refractivity contribution is 5.93. The van der Waals surface area contributed by atoms with Gasteiger partial charge in [-0.2, -0.15) is 0 Å². The van der Waals surface area contributed by atoms with E-state index in [1.54, 1.807) is 18.2 Å². The van der Waals surface area contributed by atoms with Gasteiger partial charge in [0, 0.05) is 30.6 Å². The number of amides is 2. The van der Waals surface area contributed by atoms with Crippen LogP contribution in [-0.4, -0.2) is 30.1 Å². The van der Waals surface area contributed by atoms with Gasteiger partial charge in [-0.25, -0.2) is 0 Å². The quantitative estimate of drug-likeness (QED) is 0.725. The Kier molecular flexibility index (Phi) is 4.77. The van der Waals surface area contributed by atoms with Crippen LogP contribution >= 0.6 is 0 Å². The van der Waals surface area contributed by atoms with Crippen molar-refractivity contribution in [3.63, 3.8) is 0 Å². The first-order valence-corrected chi connectivity index (χ1v) is 7.80. The van der Waals surface area contributed by atoms with Crippen molar-refractivity contribution in [1.29, 1.82) is 0 Å². The Morgan fingerprint density at radius 3 is 2.65 bits per heavy atom. The molecule has 1 aliphatic rings. The van der Waals surface area contributed by atoms with Gasteiger partial charge in [-0.15, -0.1) is 0 Å². The van der Waals surface area contributed by atoms with E-state index < -0.39 is 16.9 Å². The monoisotopic (exact) mass is 319 g/mol. The van der Waals surface area contributed by atoms with Crippen molar-refractivity contribution >= 4 is 11.8 Å². The van der Waals surface area contributed by atoms with Gasteiger partial charge in [0.1, 0.15) is 5.54 Å². The lowest BCUT2D eigenvalue weighted by Gasteiger charge is -2.57. The average Bonchev–Trinajstić information content (AvgIpc) is 2.52. The maximum absolute atomic E-state index is 12.5. The number of benzene rings is 1. The summed E-state index contributed by atoms with van der Waals surface area (Å²) < 4.78 is 5.63. The molecule has 1 saturated carbocycles. The van der Waals surface area contributed by atoms with E-state index in [1.165, 1.54) is 0 Å². The number of hydrogen-bond donors (Lipinski definition) is 3. The molecule has 0 bridgehead atoms. The molecule has 0 saturated heterocycles. The first-order valence-electron chi connectivity index (χ1n) is 7.80. The van der Waals surface area contributed by atoms with Gasteiger partial charge in [0.2, 0.25) is 11.8 Å². The molecule has 0 radical (unpaired) electrons. The van der Waals surface area contributed by atoms with Crippen LogP contribution in [0, 0.1) is 5.41 Å². The SMILES string of the molecule is CCOC1CC(N)(C(=O)NCc2cccc(C(N)=O)c2)C1(C)C. The van der Waals surface area contributed by atoms with Crippen molar-refractivity contribution in [3.8, 4) is 0 Å². The first-order chi connectivity index (χ1) is 10.7. The van der Waals surface area contributed by atoms with Gasteiger partial charge in [0.15, 0.2) is 0 Å². The highest BCUT2D eigenvalue weighted by Gasteiger charge is 2.62. The summed E-state index contributed by atoms with van der Waals surface area (Å²) in [6.45, 7) is 6.73. The molecule has 2 unspecified atom stereocenters. The summed E-state index contributed by atoms with van der Waals surface area (Å²) >= 11 is 0. The van der Waals surface area contributed by atoms with Gasteiger partial charge in [-0.3, -0.25) is 9.59 Å². The number of ether oxygens (including phenoxy) is 1. The molecule has 0 aliphatic heterocycles. The standard InChI is InChI=1S/C17H25N3O3/c1-4-23-13-9-17(19,16(13,2)3)15(22)20-10-11-6-5-7-12(8-11)14(18)21/h5-8,13H,4,9-10,19H2,1-3H3,(H2,18,21)(H,20,22). The molecule has 1 fully saturated rings. The number of nitrogens with one attached hydrogen (secondary N) is 1. The van der Waals surface area contributed by atoms with Crippen molar-refractivity contribution in [2.75, 3.05) is 6.61 Å².